The number of ether oxygens (including phenoxy) is 1. The van der Waals surface area contributed by atoms with E-state index in [1.165, 1.54) is 6.07 Å². The van der Waals surface area contributed by atoms with Gasteiger partial charge in [0.2, 0.25) is 0 Å². The summed E-state index contributed by atoms with van der Waals surface area (Å²) in [4.78, 5) is 0. The van der Waals surface area contributed by atoms with Crippen molar-refractivity contribution in [3.05, 3.63) is 35.4 Å². The lowest BCUT2D eigenvalue weighted by atomic mass is 9.81. The number of hydrogen-bond acceptors (Lipinski definition) is 2. The third-order valence-electron chi connectivity index (χ3n) is 4.33. The Morgan fingerprint density at radius 3 is 2.30 bits per heavy atom. The van der Waals surface area contributed by atoms with Crippen LogP contribution in [0.15, 0.2) is 24.3 Å². The smallest absolute Gasteiger partial charge is 0.375 e. The lowest BCUT2D eigenvalue weighted by Gasteiger charge is -2.26. The quantitative estimate of drug-likeness (QED) is 0.898. The van der Waals surface area contributed by atoms with Crippen LogP contribution in [0.1, 0.15) is 37.9 Å². The van der Waals surface area contributed by atoms with Crippen molar-refractivity contribution >= 4 is 0 Å². The largest absolute Gasteiger partial charge is 0.416 e. The van der Waals surface area contributed by atoms with Gasteiger partial charge in [0.1, 0.15) is 0 Å². The van der Waals surface area contributed by atoms with Gasteiger partial charge in [-0.15, -0.1) is 0 Å². The third kappa shape index (κ3) is 2.83. The molecule has 0 amide bonds. The van der Waals surface area contributed by atoms with Crippen LogP contribution in [-0.4, -0.2) is 12.2 Å². The summed E-state index contributed by atoms with van der Waals surface area (Å²) in [7, 11) is 0. The van der Waals surface area contributed by atoms with E-state index in [9.17, 15) is 13.2 Å². The zero-order valence-electron chi connectivity index (χ0n) is 11.8. The van der Waals surface area contributed by atoms with Crippen LogP contribution in [-0.2, 0) is 10.9 Å². The molecule has 5 atom stereocenters. The van der Waals surface area contributed by atoms with Crippen LogP contribution in [0.3, 0.4) is 0 Å². The Morgan fingerprint density at radius 1 is 1.15 bits per heavy atom. The van der Waals surface area contributed by atoms with E-state index in [1.807, 2.05) is 20.8 Å². The second-order valence-electron chi connectivity index (χ2n) is 5.63. The number of benzene rings is 1. The molecule has 0 spiro atoms. The Labute approximate surface area is 117 Å². The summed E-state index contributed by atoms with van der Waals surface area (Å²) in [6.07, 6.45) is -4.32. The second-order valence-corrected chi connectivity index (χ2v) is 5.63. The molecular formula is C15H20F3NO. The minimum absolute atomic E-state index is 0.0217. The maximum absolute atomic E-state index is 12.8. The summed E-state index contributed by atoms with van der Waals surface area (Å²) in [5, 5.41) is 0. The molecule has 112 valence electrons. The first-order chi connectivity index (χ1) is 9.21. The zero-order valence-corrected chi connectivity index (χ0v) is 11.8. The highest BCUT2D eigenvalue weighted by molar-refractivity contribution is 5.28. The van der Waals surface area contributed by atoms with Crippen molar-refractivity contribution in [1.82, 2.24) is 0 Å². The third-order valence-corrected chi connectivity index (χ3v) is 4.33. The van der Waals surface area contributed by atoms with E-state index < -0.39 is 17.8 Å². The topological polar surface area (TPSA) is 35.2 Å². The lowest BCUT2D eigenvalue weighted by molar-refractivity contribution is -0.137. The highest BCUT2D eigenvalue weighted by atomic mass is 19.4. The lowest BCUT2D eigenvalue weighted by Crippen LogP contribution is -2.30. The molecular weight excluding hydrogens is 267 g/mol. The first kappa shape index (κ1) is 15.3. The Morgan fingerprint density at radius 2 is 1.80 bits per heavy atom. The van der Waals surface area contributed by atoms with E-state index in [4.69, 9.17) is 10.5 Å². The molecule has 5 unspecified atom stereocenters. The van der Waals surface area contributed by atoms with Crippen molar-refractivity contribution in [1.29, 1.82) is 0 Å². The number of nitrogens with two attached hydrogens (primary N) is 1. The Bertz CT molecular complexity index is 474. The second kappa shape index (κ2) is 5.37. The predicted molar refractivity (Wildman–Crippen MR) is 71.0 cm³/mol. The molecule has 1 aromatic carbocycles. The Hall–Kier alpha value is -1.07. The number of rotatable bonds is 2. The van der Waals surface area contributed by atoms with E-state index >= 15 is 0 Å². The van der Waals surface area contributed by atoms with Crippen molar-refractivity contribution in [2.24, 2.45) is 17.6 Å². The van der Waals surface area contributed by atoms with Gasteiger partial charge in [-0.05, 0) is 37.5 Å². The van der Waals surface area contributed by atoms with Gasteiger partial charge in [0, 0.05) is 12.0 Å². The molecule has 1 aliphatic heterocycles. The van der Waals surface area contributed by atoms with Crippen molar-refractivity contribution in [3.63, 3.8) is 0 Å². The van der Waals surface area contributed by atoms with Crippen LogP contribution in [0, 0.1) is 11.8 Å². The molecule has 2 rings (SSSR count). The molecule has 5 heteroatoms. The molecule has 0 saturated carbocycles. The summed E-state index contributed by atoms with van der Waals surface area (Å²) < 4.78 is 44.0. The minimum Gasteiger partial charge on any atom is -0.375 e. The fourth-order valence-corrected chi connectivity index (χ4v) is 3.06. The van der Waals surface area contributed by atoms with Crippen molar-refractivity contribution in [2.75, 3.05) is 0 Å². The highest BCUT2D eigenvalue weighted by Gasteiger charge is 2.41. The van der Waals surface area contributed by atoms with Crippen LogP contribution in [0.25, 0.3) is 0 Å². The SMILES string of the molecule is CC1OC(C)C(C(N)c2cccc(C(F)(F)F)c2)C1C. The number of alkyl halides is 3. The molecule has 1 fully saturated rings. The van der Waals surface area contributed by atoms with E-state index in [1.54, 1.807) is 6.07 Å². The maximum Gasteiger partial charge on any atom is 0.416 e. The number of hydrogen-bond donors (Lipinski definition) is 1. The zero-order chi connectivity index (χ0) is 15.1. The molecule has 0 radical (unpaired) electrons. The fraction of sp³-hybridized carbons (Fsp3) is 0.600. The molecule has 0 aliphatic carbocycles. The van der Waals surface area contributed by atoms with Gasteiger partial charge in [-0.25, -0.2) is 0 Å². The van der Waals surface area contributed by atoms with E-state index in [0.717, 1.165) is 12.1 Å². The van der Waals surface area contributed by atoms with Gasteiger partial charge in [-0.2, -0.15) is 13.2 Å². The molecule has 1 saturated heterocycles. The summed E-state index contributed by atoms with van der Waals surface area (Å²) in [5.74, 6) is 0.239. The van der Waals surface area contributed by atoms with Crippen LogP contribution in [0.2, 0.25) is 0 Å². The minimum atomic E-state index is -4.34. The van der Waals surface area contributed by atoms with Crippen LogP contribution < -0.4 is 5.73 Å². The van der Waals surface area contributed by atoms with E-state index in [2.05, 4.69) is 0 Å². The van der Waals surface area contributed by atoms with Crippen molar-refractivity contribution in [3.8, 4) is 0 Å². The van der Waals surface area contributed by atoms with Gasteiger partial charge in [0.25, 0.3) is 0 Å². The van der Waals surface area contributed by atoms with Crippen LogP contribution >= 0.6 is 0 Å². The molecule has 0 aromatic heterocycles. The summed E-state index contributed by atoms with van der Waals surface area (Å²) in [5.41, 5.74) is 6.07. The number of halogens is 3. The monoisotopic (exact) mass is 287 g/mol. The highest BCUT2D eigenvalue weighted by Crippen LogP contribution is 2.40. The van der Waals surface area contributed by atoms with Gasteiger partial charge >= 0.3 is 6.18 Å². The van der Waals surface area contributed by atoms with E-state index in [0.29, 0.717) is 5.56 Å². The molecule has 0 bridgehead atoms. The van der Waals surface area contributed by atoms with Gasteiger partial charge in [0.05, 0.1) is 17.8 Å². The summed E-state index contributed by atoms with van der Waals surface area (Å²) >= 11 is 0. The van der Waals surface area contributed by atoms with Crippen LogP contribution in [0.5, 0.6) is 0 Å². The summed E-state index contributed by atoms with van der Waals surface area (Å²) in [6, 6.07) is 4.83. The van der Waals surface area contributed by atoms with Gasteiger partial charge in [0.15, 0.2) is 0 Å². The first-order valence-corrected chi connectivity index (χ1v) is 6.80. The average Bonchev–Trinajstić information content (AvgIpc) is 2.62. The molecule has 1 aliphatic rings. The van der Waals surface area contributed by atoms with E-state index in [-0.39, 0.29) is 24.0 Å². The molecule has 2 nitrogen and oxygen atoms in total. The van der Waals surface area contributed by atoms with Crippen molar-refractivity contribution < 1.29 is 17.9 Å². The standard InChI is InChI=1S/C15H20F3NO/c1-8-9(2)20-10(3)13(8)14(19)11-5-4-6-12(7-11)15(16,17)18/h4-10,13-14H,19H2,1-3H3. The van der Waals surface area contributed by atoms with Crippen LogP contribution in [0.4, 0.5) is 13.2 Å². The van der Waals surface area contributed by atoms with Gasteiger partial charge in [-0.3, -0.25) is 0 Å². The molecule has 1 heterocycles. The fourth-order valence-electron chi connectivity index (χ4n) is 3.06. The van der Waals surface area contributed by atoms with Crippen molar-refractivity contribution in [2.45, 2.75) is 45.2 Å². The summed E-state index contributed by atoms with van der Waals surface area (Å²) in [6.45, 7) is 5.93. The molecule has 20 heavy (non-hydrogen) atoms. The average molecular weight is 287 g/mol. The molecule has 1 aromatic rings. The Balaban J connectivity index is 2.28. The Kier molecular flexibility index (Phi) is 4.12. The van der Waals surface area contributed by atoms with Gasteiger partial charge < -0.3 is 10.5 Å². The normalized spacial score (nSPS) is 32.4. The maximum atomic E-state index is 12.8. The first-order valence-electron chi connectivity index (χ1n) is 6.80. The predicted octanol–water partition coefficient (Wildman–Crippen LogP) is 3.76. The van der Waals surface area contributed by atoms with Gasteiger partial charge in [-0.1, -0.05) is 19.1 Å². The molecule has 2 N–H and O–H groups in total.